The average molecular weight is 1370 g/mol. The van der Waals surface area contributed by atoms with Gasteiger partial charge in [-0.3, -0.25) is 14.4 Å². The summed E-state index contributed by atoms with van der Waals surface area (Å²) in [6.45, 7) is 7.12. The summed E-state index contributed by atoms with van der Waals surface area (Å²) >= 11 is 0. The first kappa shape index (κ1) is 71.7. The van der Waals surface area contributed by atoms with Crippen LogP contribution in [0.2, 0.25) is 0 Å². The number of hydrogen-bond acceptors (Lipinski definition) is 16. The molecule has 100 heavy (non-hydrogen) atoms. The van der Waals surface area contributed by atoms with E-state index in [9.17, 15) is 38.5 Å². The molecular weight excluding hydrogens is 1280 g/mol. The van der Waals surface area contributed by atoms with Crippen LogP contribution in [0.3, 0.4) is 0 Å². The second-order valence-electron chi connectivity index (χ2n) is 24.7. The minimum atomic E-state index is -0.336. The van der Waals surface area contributed by atoms with Crippen molar-refractivity contribution in [3.05, 3.63) is 236 Å². The zero-order valence-electron chi connectivity index (χ0n) is 57.5. The predicted molar refractivity (Wildman–Crippen MR) is 371 cm³/mol. The minimum Gasteiger partial charge on any atom is -0.502 e. The van der Waals surface area contributed by atoms with E-state index in [0.717, 1.165) is 78.1 Å². The van der Waals surface area contributed by atoms with E-state index in [-0.39, 0.29) is 89.0 Å². The van der Waals surface area contributed by atoms with Gasteiger partial charge in [0.1, 0.15) is 34.7 Å². The molecule has 0 bridgehead atoms. The molecule has 6 aromatic carbocycles. The topological polar surface area (TPSA) is 252 Å². The fourth-order valence-electron chi connectivity index (χ4n) is 13.7. The van der Waals surface area contributed by atoms with Crippen molar-refractivity contribution in [2.45, 2.75) is 103 Å². The van der Waals surface area contributed by atoms with Crippen LogP contribution in [0, 0.1) is 17.6 Å². The number of furan rings is 3. The van der Waals surface area contributed by atoms with Crippen molar-refractivity contribution < 1.29 is 84.9 Å². The third kappa shape index (κ3) is 16.4. The number of phenolic OH excluding ortho intramolecular Hbond substituents is 3. The van der Waals surface area contributed by atoms with Gasteiger partial charge in [-0.25, -0.2) is 8.78 Å². The molecule has 0 saturated carbocycles. The number of carbonyl (C=O) groups is 3. The molecule has 0 spiro atoms. The van der Waals surface area contributed by atoms with Gasteiger partial charge in [-0.1, -0.05) is 36.3 Å². The molecule has 5 unspecified atom stereocenters. The lowest BCUT2D eigenvalue weighted by Gasteiger charge is -2.22. The second-order valence-corrected chi connectivity index (χ2v) is 24.7. The maximum Gasteiger partial charge on any atom is 0.221 e. The molecule has 524 valence electrons. The van der Waals surface area contributed by atoms with Crippen LogP contribution < -0.4 is 49.1 Å². The monoisotopic (exact) mass is 1370 g/mol. The van der Waals surface area contributed by atoms with E-state index in [1.54, 1.807) is 92.6 Å². The van der Waals surface area contributed by atoms with Crippen LogP contribution in [0.15, 0.2) is 171 Å². The van der Waals surface area contributed by atoms with Gasteiger partial charge in [0.2, 0.25) is 35.0 Å². The number of benzene rings is 6. The second kappa shape index (κ2) is 32.5. The molecule has 3 aliphatic rings. The summed E-state index contributed by atoms with van der Waals surface area (Å²) < 4.78 is 81.4. The number of fused-ring (bicyclic) bond motifs is 3. The van der Waals surface area contributed by atoms with E-state index in [0.29, 0.717) is 97.1 Å². The summed E-state index contributed by atoms with van der Waals surface area (Å²) in [7, 11) is 10.6. The predicted octanol–water partition coefficient (Wildman–Crippen LogP) is 14.7. The largest absolute Gasteiger partial charge is 0.502 e. The number of carbonyl (C=O) groups excluding carboxylic acids is 3. The number of amides is 3. The number of hydrogen-bond donors (Lipinski definition) is 6. The van der Waals surface area contributed by atoms with Crippen LogP contribution in [0.1, 0.15) is 131 Å². The molecule has 3 aliphatic carbocycles. The Kier molecular flexibility index (Phi) is 23.3. The lowest BCUT2D eigenvalue weighted by Crippen LogP contribution is -2.25. The van der Waals surface area contributed by atoms with Crippen LogP contribution in [0.4, 0.5) is 8.78 Å². The molecule has 6 N–H and O–H groups in total. The lowest BCUT2D eigenvalue weighted by molar-refractivity contribution is -0.122. The van der Waals surface area contributed by atoms with Crippen molar-refractivity contribution in [2.75, 3.05) is 49.8 Å². The van der Waals surface area contributed by atoms with E-state index in [4.69, 9.17) is 46.4 Å². The number of allylic oxidation sites excluding steroid dienone is 4. The molecule has 0 radical (unpaired) electrons. The standard InChI is InChI=1S/C27H29NO6.C26H28FNO5.C26H26FNO5/c1-16-21(10-17-11-24(32-3)27(30)25(12-17)33-4)20-8-7-18(31-2)13-23(20)22(16)14-26(29)28-15-19-6-5-9-34-19;2*1-15-20(9-16-10-23(31-2)26(30)24(11-16)32-3)19-7-6-17(27)12-22(19)21(15)13-25(29)28-14-18-5-4-8-33-18/h5-9,11-13,22,30H,10,14-15H2,1-4H3,(H,28,29);4-8,10-12,15,20-21,30H,9,13-14H2,1-3H3,(H,28,29);4-8,10-12,21,30H,9,13-14H2,1-3H3,(H,28,29). The Hall–Kier alpha value is -11.1. The molecule has 12 rings (SSSR count). The van der Waals surface area contributed by atoms with Gasteiger partial charge < -0.3 is 77.7 Å². The first-order valence-electron chi connectivity index (χ1n) is 32.6. The van der Waals surface area contributed by atoms with Crippen LogP contribution >= 0.6 is 0 Å². The quantitative estimate of drug-likeness (QED) is 0.0311. The molecule has 5 atom stereocenters. The van der Waals surface area contributed by atoms with Crippen LogP contribution in [-0.4, -0.2) is 82.8 Å². The number of aromatic hydroxyl groups is 3. The van der Waals surface area contributed by atoms with Crippen molar-refractivity contribution in [3.63, 3.8) is 0 Å². The maximum absolute atomic E-state index is 14.2. The highest BCUT2D eigenvalue weighted by atomic mass is 19.1. The van der Waals surface area contributed by atoms with E-state index < -0.39 is 0 Å². The lowest BCUT2D eigenvalue weighted by atomic mass is 9.83. The first-order valence-corrected chi connectivity index (χ1v) is 32.6. The number of nitrogens with one attached hydrogen (secondary N) is 3. The van der Waals surface area contributed by atoms with Gasteiger partial charge >= 0.3 is 0 Å². The van der Waals surface area contributed by atoms with Crippen LogP contribution in [0.25, 0.3) is 11.1 Å². The number of methoxy groups -OCH3 is 7. The normalized spacial score (nSPS) is 16.2. The fourth-order valence-corrected chi connectivity index (χ4v) is 13.7. The van der Waals surface area contributed by atoms with Crippen LogP contribution in [-0.2, 0) is 53.3 Å². The summed E-state index contributed by atoms with van der Waals surface area (Å²) in [6.07, 6.45) is 7.25. The van der Waals surface area contributed by atoms with E-state index in [2.05, 4.69) is 29.8 Å². The Labute approximate surface area is 579 Å². The third-order valence-corrected chi connectivity index (χ3v) is 18.9. The van der Waals surface area contributed by atoms with Gasteiger partial charge in [0.15, 0.2) is 34.5 Å². The Morgan fingerprint density at radius 1 is 0.430 bits per heavy atom. The zero-order valence-corrected chi connectivity index (χ0v) is 57.5. The van der Waals surface area contributed by atoms with Crippen molar-refractivity contribution in [1.29, 1.82) is 0 Å². The third-order valence-electron chi connectivity index (χ3n) is 18.9. The number of halogens is 2. The van der Waals surface area contributed by atoms with Crippen molar-refractivity contribution in [1.82, 2.24) is 16.0 Å². The smallest absolute Gasteiger partial charge is 0.221 e. The van der Waals surface area contributed by atoms with Gasteiger partial charge in [-0.15, -0.1) is 0 Å². The Bertz CT molecular complexity index is 4340. The van der Waals surface area contributed by atoms with Gasteiger partial charge in [-0.2, -0.15) is 0 Å². The van der Waals surface area contributed by atoms with Crippen molar-refractivity contribution in [3.8, 4) is 57.5 Å². The summed E-state index contributed by atoms with van der Waals surface area (Å²) in [4.78, 5) is 38.2. The molecule has 9 aromatic rings. The van der Waals surface area contributed by atoms with Gasteiger partial charge in [0, 0.05) is 31.1 Å². The summed E-state index contributed by atoms with van der Waals surface area (Å²) in [5.41, 5.74) is 12.8. The molecule has 0 saturated heterocycles. The molecule has 19 nitrogen and oxygen atoms in total. The average Bonchev–Trinajstić information content (AvgIpc) is 1.63. The SMILES string of the molecule is COc1cc(CC2=C(C)C(CC(=O)NCc3ccco3)c3cc(F)ccc32)cc(OC)c1O.COc1cc(CC2c3ccc(F)cc3C(CC(=O)NCc3ccco3)C2C)cc(OC)c1O.COc1ccc2c(c1)C(CC(=O)NCc1ccco1)C(C)=C2Cc1cc(OC)c(O)c(OC)c1. The Morgan fingerprint density at radius 3 is 1.19 bits per heavy atom. The number of ether oxygens (including phenoxy) is 7. The first-order chi connectivity index (χ1) is 48.3. The highest BCUT2D eigenvalue weighted by Crippen LogP contribution is 2.52. The number of phenols is 3. The Balaban J connectivity index is 0.000000162. The highest BCUT2D eigenvalue weighted by molar-refractivity contribution is 5.86. The van der Waals surface area contributed by atoms with Crippen LogP contribution in [0.5, 0.6) is 57.5 Å². The maximum atomic E-state index is 14.2. The number of rotatable bonds is 25. The molecule has 3 heterocycles. The van der Waals surface area contributed by atoms with E-state index in [1.165, 1.54) is 60.9 Å². The van der Waals surface area contributed by atoms with Gasteiger partial charge in [-0.05, 0) is 221 Å². The minimum absolute atomic E-state index is 0.0258. The Morgan fingerprint density at radius 2 is 0.800 bits per heavy atom. The molecule has 21 heteroatoms. The van der Waals surface area contributed by atoms with Crippen molar-refractivity contribution in [2.24, 2.45) is 5.92 Å². The molecular formula is C79H83F2N3O16. The molecule has 0 fully saturated rings. The highest BCUT2D eigenvalue weighted by Gasteiger charge is 2.40. The van der Waals surface area contributed by atoms with Crippen molar-refractivity contribution >= 4 is 28.9 Å². The molecule has 3 aromatic heterocycles. The summed E-state index contributed by atoms with van der Waals surface area (Å²) in [5.74, 6) is 3.51. The zero-order chi connectivity index (χ0) is 71.3. The van der Waals surface area contributed by atoms with E-state index >= 15 is 0 Å². The van der Waals surface area contributed by atoms with Gasteiger partial charge in [0.25, 0.3) is 0 Å². The van der Waals surface area contributed by atoms with E-state index in [1.807, 2.05) is 49.4 Å². The van der Waals surface area contributed by atoms with Gasteiger partial charge in [0.05, 0.1) is 88.2 Å². The fraction of sp³-hybridized carbons (Fsp3) is 0.304. The molecule has 3 amide bonds. The summed E-state index contributed by atoms with van der Waals surface area (Å²) in [5, 5.41) is 39.4. The summed E-state index contributed by atoms with van der Waals surface area (Å²) in [6, 6.07) is 37.0. The molecule has 0 aliphatic heterocycles.